The van der Waals surface area contributed by atoms with E-state index in [1.54, 1.807) is 12.0 Å². The largest absolute Gasteiger partial charge is 0.412 e. The molecule has 0 spiro atoms. The van der Waals surface area contributed by atoms with E-state index < -0.39 is 23.0 Å². The van der Waals surface area contributed by atoms with Crippen LogP contribution in [0.4, 0.5) is 10.5 Å². The van der Waals surface area contributed by atoms with Gasteiger partial charge in [0.25, 0.3) is 5.69 Å². The molecule has 0 aromatic heterocycles. The highest BCUT2D eigenvalue weighted by molar-refractivity contribution is 5.89. The minimum Gasteiger partial charge on any atom is -0.410 e. The Hall–Kier alpha value is -5.29. The summed E-state index contributed by atoms with van der Waals surface area (Å²) >= 11 is 0. The molecule has 4 rings (SSSR count). The smallest absolute Gasteiger partial charge is 0.410 e. The van der Waals surface area contributed by atoms with E-state index in [-0.39, 0.29) is 42.8 Å². The Morgan fingerprint density at radius 2 is 1.63 bits per heavy atom. The van der Waals surface area contributed by atoms with Crippen LogP contribution in [-0.2, 0) is 27.3 Å². The molecular formula is C35H38N4O7. The summed E-state index contributed by atoms with van der Waals surface area (Å²) in [6.45, 7) is 4.45. The molecule has 2 N–H and O–H groups in total. The van der Waals surface area contributed by atoms with Crippen molar-refractivity contribution in [1.82, 2.24) is 15.5 Å². The van der Waals surface area contributed by atoms with Crippen LogP contribution in [-0.4, -0.2) is 60.1 Å². The lowest BCUT2D eigenvalue weighted by Crippen LogP contribution is -2.51. The second kappa shape index (κ2) is 16.1. The van der Waals surface area contributed by atoms with Gasteiger partial charge >= 0.3 is 6.09 Å². The van der Waals surface area contributed by atoms with Crippen LogP contribution in [0, 0.1) is 17.0 Å². The number of fused-ring (bicyclic) bond motifs is 1. The number of aryl methyl sites for hydroxylation is 1. The summed E-state index contributed by atoms with van der Waals surface area (Å²) in [4.78, 5) is 51.5. The maximum Gasteiger partial charge on any atom is 0.412 e. The summed E-state index contributed by atoms with van der Waals surface area (Å²) in [6.07, 6.45) is -0.900. The lowest BCUT2D eigenvalue weighted by atomic mass is 10.0. The van der Waals surface area contributed by atoms with Crippen LogP contribution in [0.2, 0.25) is 0 Å². The molecule has 0 saturated carbocycles. The molecule has 0 aliphatic heterocycles. The molecule has 11 nitrogen and oxygen atoms in total. The number of carbonyl (C=O) groups excluding carboxylic acids is 3. The number of non-ortho nitro benzene ring substituents is 1. The standard InChI is InChI=1S/C35H38N4O7/c1-24-11-13-26(14-12-24)21-32(37-33(40)19-20-36-35(42)46-30-17-15-29(16-18-30)39(43)44)34(41)38(22-25(2)45-3)23-28-9-6-8-27-7-4-5-10-31(27)28/h4-18,25,32H,19-23H2,1-3H3,(H,36,42)(H,37,40)/t25?,32-/m0/s1. The number of ether oxygens (including phenoxy) is 2. The predicted molar refractivity (Wildman–Crippen MR) is 174 cm³/mol. The number of nitrogens with one attached hydrogen (secondary N) is 2. The zero-order chi connectivity index (χ0) is 33.1. The maximum atomic E-state index is 14.2. The number of benzene rings is 4. The molecule has 2 atom stereocenters. The molecule has 0 aliphatic rings. The van der Waals surface area contributed by atoms with Crippen molar-refractivity contribution in [1.29, 1.82) is 0 Å². The van der Waals surface area contributed by atoms with Crippen LogP contribution in [0.25, 0.3) is 10.8 Å². The number of nitro benzene ring substituents is 1. The van der Waals surface area contributed by atoms with Gasteiger partial charge in [0.1, 0.15) is 11.8 Å². The molecule has 11 heteroatoms. The van der Waals surface area contributed by atoms with Gasteiger partial charge in [0, 0.05) is 51.7 Å². The Labute approximate surface area is 267 Å². The van der Waals surface area contributed by atoms with Gasteiger partial charge in [-0.3, -0.25) is 19.7 Å². The molecule has 0 heterocycles. The maximum absolute atomic E-state index is 14.2. The van der Waals surface area contributed by atoms with Gasteiger partial charge < -0.3 is 25.0 Å². The molecule has 0 saturated heterocycles. The van der Waals surface area contributed by atoms with Crippen molar-refractivity contribution in [3.8, 4) is 5.75 Å². The van der Waals surface area contributed by atoms with E-state index in [9.17, 15) is 24.5 Å². The van der Waals surface area contributed by atoms with Gasteiger partial charge in [0.05, 0.1) is 11.0 Å². The van der Waals surface area contributed by atoms with Gasteiger partial charge in [-0.05, 0) is 47.9 Å². The highest BCUT2D eigenvalue weighted by atomic mass is 16.6. The number of methoxy groups -OCH3 is 1. The van der Waals surface area contributed by atoms with Crippen LogP contribution in [0.1, 0.15) is 30.0 Å². The fourth-order valence-electron chi connectivity index (χ4n) is 4.96. The highest BCUT2D eigenvalue weighted by Gasteiger charge is 2.28. The number of hydrogen-bond acceptors (Lipinski definition) is 7. The van der Waals surface area contributed by atoms with E-state index in [1.807, 2.05) is 80.6 Å². The summed E-state index contributed by atoms with van der Waals surface area (Å²) in [6, 6.07) is 25.9. The molecule has 0 radical (unpaired) electrons. The Bertz CT molecular complexity index is 1650. The van der Waals surface area contributed by atoms with Crippen LogP contribution in [0.3, 0.4) is 0 Å². The van der Waals surface area contributed by atoms with Gasteiger partial charge in [-0.1, -0.05) is 72.3 Å². The molecule has 1 unspecified atom stereocenters. The minimum atomic E-state index is -0.874. The number of carbonyl (C=O) groups is 3. The third kappa shape index (κ3) is 9.60. The SMILES string of the molecule is COC(C)CN(Cc1cccc2ccccc12)C(=O)[C@H](Cc1ccc(C)cc1)NC(=O)CCNC(=O)Oc1ccc([N+](=O)[O-])cc1. The lowest BCUT2D eigenvalue weighted by molar-refractivity contribution is -0.384. The number of rotatable bonds is 14. The first-order chi connectivity index (χ1) is 22.1. The first kappa shape index (κ1) is 33.6. The first-order valence-electron chi connectivity index (χ1n) is 15.0. The third-order valence-electron chi connectivity index (χ3n) is 7.51. The normalized spacial score (nSPS) is 12.2. The quantitative estimate of drug-likeness (QED) is 0.143. The Morgan fingerprint density at radius 1 is 0.935 bits per heavy atom. The second-order valence-corrected chi connectivity index (χ2v) is 11.0. The lowest BCUT2D eigenvalue weighted by Gasteiger charge is -2.30. The van der Waals surface area contributed by atoms with E-state index in [0.717, 1.165) is 27.5 Å². The van der Waals surface area contributed by atoms with Crippen LogP contribution in [0.15, 0.2) is 91.0 Å². The molecule has 0 aliphatic carbocycles. The number of nitro groups is 1. The molecule has 3 amide bonds. The van der Waals surface area contributed by atoms with Gasteiger partial charge in [-0.25, -0.2) is 4.79 Å². The number of nitrogens with zero attached hydrogens (tertiary/aromatic N) is 2. The average Bonchev–Trinajstić information content (AvgIpc) is 3.05. The van der Waals surface area contributed by atoms with Gasteiger partial charge in [0.15, 0.2) is 0 Å². The molecule has 0 bridgehead atoms. The Balaban J connectivity index is 1.46. The van der Waals surface area contributed by atoms with Crippen LogP contribution >= 0.6 is 0 Å². The topological polar surface area (TPSA) is 140 Å². The fourth-order valence-corrected chi connectivity index (χ4v) is 4.96. The van der Waals surface area contributed by atoms with Crippen molar-refractivity contribution in [2.75, 3.05) is 20.2 Å². The summed E-state index contributed by atoms with van der Waals surface area (Å²) < 4.78 is 10.6. The van der Waals surface area contributed by atoms with E-state index in [1.165, 1.54) is 24.3 Å². The van der Waals surface area contributed by atoms with Crippen molar-refractivity contribution in [2.45, 2.75) is 45.4 Å². The summed E-state index contributed by atoms with van der Waals surface area (Å²) in [5.41, 5.74) is 2.81. The van der Waals surface area contributed by atoms with E-state index in [2.05, 4.69) is 10.6 Å². The number of hydrogen-bond donors (Lipinski definition) is 2. The van der Waals surface area contributed by atoms with Gasteiger partial charge in [-0.15, -0.1) is 0 Å². The summed E-state index contributed by atoms with van der Waals surface area (Å²) in [7, 11) is 1.59. The van der Waals surface area contributed by atoms with Crippen molar-refractivity contribution in [3.63, 3.8) is 0 Å². The highest BCUT2D eigenvalue weighted by Crippen LogP contribution is 2.21. The fraction of sp³-hybridized carbons (Fsp3) is 0.286. The van der Waals surface area contributed by atoms with Crippen molar-refractivity contribution in [2.24, 2.45) is 0 Å². The third-order valence-corrected chi connectivity index (χ3v) is 7.51. The summed E-state index contributed by atoms with van der Waals surface area (Å²) in [5.74, 6) is -0.560. The van der Waals surface area contributed by atoms with Gasteiger partial charge in [0.2, 0.25) is 11.8 Å². The van der Waals surface area contributed by atoms with Crippen LogP contribution < -0.4 is 15.4 Å². The van der Waals surface area contributed by atoms with Crippen molar-refractivity contribution in [3.05, 3.63) is 118 Å². The molecule has 4 aromatic carbocycles. The Morgan fingerprint density at radius 3 is 2.33 bits per heavy atom. The molecular weight excluding hydrogens is 588 g/mol. The molecule has 240 valence electrons. The molecule has 0 fully saturated rings. The zero-order valence-electron chi connectivity index (χ0n) is 26.1. The number of amides is 3. The molecule has 46 heavy (non-hydrogen) atoms. The average molecular weight is 627 g/mol. The van der Waals surface area contributed by atoms with E-state index >= 15 is 0 Å². The zero-order valence-corrected chi connectivity index (χ0v) is 26.1. The minimum absolute atomic E-state index is 0.0521. The van der Waals surface area contributed by atoms with E-state index in [4.69, 9.17) is 9.47 Å². The second-order valence-electron chi connectivity index (χ2n) is 11.0. The predicted octanol–water partition coefficient (Wildman–Crippen LogP) is 5.33. The van der Waals surface area contributed by atoms with E-state index in [0.29, 0.717) is 13.1 Å². The Kier molecular flexibility index (Phi) is 11.8. The van der Waals surface area contributed by atoms with Crippen LogP contribution in [0.5, 0.6) is 5.75 Å². The first-order valence-corrected chi connectivity index (χ1v) is 15.0. The van der Waals surface area contributed by atoms with Crippen molar-refractivity contribution < 1.29 is 28.8 Å². The molecule has 4 aromatic rings. The van der Waals surface area contributed by atoms with Crippen molar-refractivity contribution >= 4 is 34.4 Å². The summed E-state index contributed by atoms with van der Waals surface area (Å²) in [5, 5.41) is 18.3. The monoisotopic (exact) mass is 626 g/mol. The van der Waals surface area contributed by atoms with Gasteiger partial charge in [-0.2, -0.15) is 0 Å².